The summed E-state index contributed by atoms with van der Waals surface area (Å²) in [5.41, 5.74) is 0. The third kappa shape index (κ3) is 5.81. The first-order valence-electron chi connectivity index (χ1n) is 6.30. The molecular weight excluding hydrogens is 308 g/mol. The van der Waals surface area contributed by atoms with Gasteiger partial charge in [-0.05, 0) is 0 Å². The van der Waals surface area contributed by atoms with Gasteiger partial charge in [0.15, 0.2) is 12.1 Å². The number of Topliss-reactive ketones (excluding diaryl/α,β-unsaturated/α-hetero) is 1. The Kier molecular flexibility index (Phi) is 9.79. The van der Waals surface area contributed by atoms with Gasteiger partial charge in [0.1, 0.15) is 43.2 Å². The van der Waals surface area contributed by atoms with Crippen LogP contribution in [0.15, 0.2) is 0 Å². The Bertz CT molecular complexity index is 320. The van der Waals surface area contributed by atoms with Crippen LogP contribution in [0.1, 0.15) is 0 Å². The van der Waals surface area contributed by atoms with E-state index in [1.54, 1.807) is 0 Å². The lowest BCUT2D eigenvalue weighted by Gasteiger charge is -2.37. The summed E-state index contributed by atoms with van der Waals surface area (Å²) in [6.45, 7) is -2.06. The SMILES string of the molecule is O=C(CO)C(O)C(O)CO.OCC1OC(O)C(O)C(O)C1O. The molecule has 1 heterocycles. The van der Waals surface area contributed by atoms with Crippen molar-refractivity contribution < 1.29 is 55.5 Å². The summed E-state index contributed by atoms with van der Waals surface area (Å²) in [5, 5.41) is 78.3. The van der Waals surface area contributed by atoms with E-state index in [4.69, 9.17) is 46.0 Å². The van der Waals surface area contributed by atoms with Gasteiger partial charge in [0.05, 0.1) is 13.2 Å². The number of carbonyl (C=O) groups is 1. The van der Waals surface area contributed by atoms with Gasteiger partial charge in [-0.2, -0.15) is 0 Å². The molecule has 0 amide bonds. The minimum atomic E-state index is -1.69. The smallest absolute Gasteiger partial charge is 0.189 e. The van der Waals surface area contributed by atoms with Crippen molar-refractivity contribution in [1.29, 1.82) is 0 Å². The molecule has 0 aromatic heterocycles. The molecule has 132 valence electrons. The van der Waals surface area contributed by atoms with Crippen molar-refractivity contribution in [2.24, 2.45) is 0 Å². The van der Waals surface area contributed by atoms with Crippen LogP contribution in [0.5, 0.6) is 0 Å². The van der Waals surface area contributed by atoms with Crippen molar-refractivity contribution in [3.05, 3.63) is 0 Å². The summed E-state index contributed by atoms with van der Waals surface area (Å²) < 4.78 is 4.58. The topological polar surface area (TPSA) is 208 Å². The molecule has 0 aromatic carbocycles. The lowest BCUT2D eigenvalue weighted by atomic mass is 10.00. The summed E-state index contributed by atoms with van der Waals surface area (Å²) >= 11 is 0. The molecule has 9 N–H and O–H groups in total. The second kappa shape index (κ2) is 10.1. The van der Waals surface area contributed by atoms with Gasteiger partial charge in [0.25, 0.3) is 0 Å². The van der Waals surface area contributed by atoms with E-state index >= 15 is 0 Å². The number of aliphatic hydroxyl groups excluding tert-OH is 9. The molecule has 1 aliphatic heterocycles. The molecule has 1 rings (SSSR count). The van der Waals surface area contributed by atoms with Crippen LogP contribution in [0.25, 0.3) is 0 Å². The number of hydrogen-bond acceptors (Lipinski definition) is 11. The van der Waals surface area contributed by atoms with Crippen LogP contribution < -0.4 is 0 Å². The predicted molar refractivity (Wildman–Crippen MR) is 67.2 cm³/mol. The van der Waals surface area contributed by atoms with Crippen LogP contribution in [0.3, 0.4) is 0 Å². The van der Waals surface area contributed by atoms with Crippen LogP contribution in [-0.2, 0) is 9.53 Å². The van der Waals surface area contributed by atoms with E-state index in [9.17, 15) is 4.79 Å². The van der Waals surface area contributed by atoms with E-state index in [0.29, 0.717) is 0 Å². The van der Waals surface area contributed by atoms with Crippen LogP contribution in [0.4, 0.5) is 0 Å². The molecular formula is C11H22O11. The maximum atomic E-state index is 10.3. The molecule has 0 aromatic rings. The van der Waals surface area contributed by atoms with E-state index in [1.807, 2.05) is 0 Å². The standard InChI is InChI=1S/C6H12O6.C5H10O5/c7-1-2-3(8)4(9)5(10)6(11)12-2;6-1-3(8)5(10)4(9)2-7/h2-11H,1H2;3,5-8,10H,1-2H2. The summed E-state index contributed by atoms with van der Waals surface area (Å²) in [4.78, 5) is 10.3. The second-order valence-electron chi connectivity index (χ2n) is 4.54. The van der Waals surface area contributed by atoms with Gasteiger partial charge in [-0.1, -0.05) is 0 Å². The average molecular weight is 330 g/mol. The van der Waals surface area contributed by atoms with Crippen molar-refractivity contribution in [2.45, 2.75) is 42.9 Å². The second-order valence-corrected chi connectivity index (χ2v) is 4.54. The predicted octanol–water partition coefficient (Wildman–Crippen LogP) is -5.96. The number of rotatable bonds is 5. The zero-order chi connectivity index (χ0) is 17.4. The molecule has 0 saturated carbocycles. The molecule has 0 spiro atoms. The Labute approximate surface area is 125 Å². The first-order chi connectivity index (χ1) is 10.2. The molecule has 1 aliphatic rings. The molecule has 11 heteroatoms. The van der Waals surface area contributed by atoms with E-state index in [-0.39, 0.29) is 0 Å². The number of hydrogen-bond donors (Lipinski definition) is 9. The number of ether oxygens (including phenoxy) is 1. The minimum Gasteiger partial charge on any atom is -0.394 e. The largest absolute Gasteiger partial charge is 0.394 e. The Balaban J connectivity index is 0.000000409. The number of ketones is 1. The molecule has 1 saturated heterocycles. The highest BCUT2D eigenvalue weighted by atomic mass is 16.6. The molecule has 1 fully saturated rings. The number of aliphatic hydroxyl groups is 9. The lowest BCUT2D eigenvalue weighted by Crippen LogP contribution is -2.58. The van der Waals surface area contributed by atoms with E-state index in [0.717, 1.165) is 0 Å². The third-order valence-electron chi connectivity index (χ3n) is 2.90. The minimum absolute atomic E-state index is 0.526. The highest BCUT2D eigenvalue weighted by Crippen LogP contribution is 2.18. The molecule has 0 aliphatic carbocycles. The van der Waals surface area contributed by atoms with Gasteiger partial charge >= 0.3 is 0 Å². The molecule has 0 radical (unpaired) electrons. The van der Waals surface area contributed by atoms with Gasteiger partial charge in [-0.3, -0.25) is 4.79 Å². The Morgan fingerprint density at radius 3 is 1.91 bits per heavy atom. The van der Waals surface area contributed by atoms with Crippen molar-refractivity contribution in [3.63, 3.8) is 0 Å². The van der Waals surface area contributed by atoms with Crippen LogP contribution in [0.2, 0.25) is 0 Å². The van der Waals surface area contributed by atoms with E-state index in [1.165, 1.54) is 0 Å². The van der Waals surface area contributed by atoms with Gasteiger partial charge < -0.3 is 50.7 Å². The summed E-state index contributed by atoms with van der Waals surface area (Å²) in [6.07, 6.45) is -10.2. The lowest BCUT2D eigenvalue weighted by molar-refractivity contribution is -0.286. The summed E-state index contributed by atoms with van der Waals surface area (Å²) in [5.74, 6) is -0.901. The van der Waals surface area contributed by atoms with Crippen LogP contribution in [0, 0.1) is 0 Å². The van der Waals surface area contributed by atoms with Crippen molar-refractivity contribution >= 4 is 5.78 Å². The van der Waals surface area contributed by atoms with Crippen LogP contribution in [-0.4, -0.2) is 114 Å². The summed E-state index contributed by atoms with van der Waals surface area (Å²) in [7, 11) is 0. The van der Waals surface area contributed by atoms with E-state index < -0.39 is 68.5 Å². The zero-order valence-electron chi connectivity index (χ0n) is 11.5. The highest BCUT2D eigenvalue weighted by molar-refractivity contribution is 5.84. The normalized spacial score (nSPS) is 34.3. The monoisotopic (exact) mass is 330 g/mol. The first kappa shape index (κ1) is 21.3. The maximum absolute atomic E-state index is 10.3. The van der Waals surface area contributed by atoms with Crippen molar-refractivity contribution in [3.8, 4) is 0 Å². The average Bonchev–Trinajstić information content (AvgIpc) is 2.54. The fourth-order valence-electron chi connectivity index (χ4n) is 1.49. The molecule has 22 heavy (non-hydrogen) atoms. The Morgan fingerprint density at radius 2 is 1.50 bits per heavy atom. The van der Waals surface area contributed by atoms with Crippen LogP contribution >= 0.6 is 0 Å². The number of carbonyl (C=O) groups excluding carboxylic acids is 1. The Hall–Kier alpha value is -0.730. The molecule has 0 bridgehead atoms. The third-order valence-corrected chi connectivity index (χ3v) is 2.90. The molecule has 7 atom stereocenters. The van der Waals surface area contributed by atoms with E-state index in [2.05, 4.69) is 4.74 Å². The summed E-state index contributed by atoms with van der Waals surface area (Å²) in [6, 6.07) is 0. The van der Waals surface area contributed by atoms with Gasteiger partial charge in [-0.25, -0.2) is 0 Å². The maximum Gasteiger partial charge on any atom is 0.189 e. The van der Waals surface area contributed by atoms with Gasteiger partial charge in [-0.15, -0.1) is 0 Å². The zero-order valence-corrected chi connectivity index (χ0v) is 11.5. The first-order valence-corrected chi connectivity index (χ1v) is 6.30. The van der Waals surface area contributed by atoms with Crippen molar-refractivity contribution in [2.75, 3.05) is 19.8 Å². The van der Waals surface area contributed by atoms with Crippen molar-refractivity contribution in [1.82, 2.24) is 0 Å². The Morgan fingerprint density at radius 1 is 0.955 bits per heavy atom. The molecule has 7 unspecified atom stereocenters. The fourth-order valence-corrected chi connectivity index (χ4v) is 1.49. The van der Waals surface area contributed by atoms with Gasteiger partial charge in [0.2, 0.25) is 0 Å². The quantitative estimate of drug-likeness (QED) is 0.232. The highest BCUT2D eigenvalue weighted by Gasteiger charge is 2.42. The molecule has 11 nitrogen and oxygen atoms in total. The fraction of sp³-hybridized carbons (Fsp3) is 0.909. The van der Waals surface area contributed by atoms with Gasteiger partial charge in [0, 0.05) is 0 Å².